The molecule has 2 aliphatic rings. The lowest BCUT2D eigenvalue weighted by atomic mass is 9.51. The first kappa shape index (κ1) is 8.79. The second kappa shape index (κ2) is 2.60. The molecule has 0 heterocycles. The Balaban J connectivity index is 2.08. The monoisotopic (exact) mass is 180 g/mol. The molecule has 0 aromatic rings. The molecule has 0 saturated heterocycles. The van der Waals surface area contributed by atoms with Crippen molar-refractivity contribution in [3.63, 3.8) is 0 Å². The van der Waals surface area contributed by atoms with Crippen LogP contribution in [0, 0.1) is 17.3 Å². The number of carboxylic acid groups (broad SMARTS) is 1. The van der Waals surface area contributed by atoms with Crippen LogP contribution in [0.15, 0.2) is 12.2 Å². The van der Waals surface area contributed by atoms with E-state index in [1.165, 1.54) is 0 Å². The van der Waals surface area contributed by atoms with Crippen molar-refractivity contribution in [2.24, 2.45) is 17.3 Å². The summed E-state index contributed by atoms with van der Waals surface area (Å²) in [5.74, 6) is 0.553. The maximum Gasteiger partial charge on any atom is 0.310 e. The third kappa shape index (κ3) is 1.11. The zero-order valence-corrected chi connectivity index (χ0v) is 8.05. The van der Waals surface area contributed by atoms with Gasteiger partial charge in [-0.2, -0.15) is 0 Å². The van der Waals surface area contributed by atoms with Crippen LogP contribution in [0.5, 0.6) is 0 Å². The maximum atomic E-state index is 11.1. The predicted octanol–water partition coefficient (Wildman–Crippen LogP) is 2.45. The van der Waals surface area contributed by atoms with E-state index in [9.17, 15) is 9.90 Å². The van der Waals surface area contributed by atoms with E-state index >= 15 is 0 Å². The minimum atomic E-state index is -0.600. The van der Waals surface area contributed by atoms with Crippen LogP contribution in [-0.4, -0.2) is 11.1 Å². The first-order chi connectivity index (χ1) is 6.04. The molecule has 2 aliphatic carbocycles. The standard InChI is InChI=1S/C11H16O2/c1-7-3-9(4-7)11(10(12)13)5-8(2)6-11/h7,9H,2-6H2,1H3,(H,12,13). The van der Waals surface area contributed by atoms with Crippen LogP contribution in [0.1, 0.15) is 32.6 Å². The lowest BCUT2D eigenvalue weighted by Crippen LogP contribution is -2.50. The van der Waals surface area contributed by atoms with E-state index in [-0.39, 0.29) is 0 Å². The molecule has 0 atom stereocenters. The van der Waals surface area contributed by atoms with Gasteiger partial charge in [-0.05, 0) is 37.5 Å². The molecule has 1 N–H and O–H groups in total. The molecule has 0 aliphatic heterocycles. The fourth-order valence-electron chi connectivity index (χ4n) is 2.81. The number of hydrogen-bond donors (Lipinski definition) is 1. The van der Waals surface area contributed by atoms with Crippen molar-refractivity contribution in [2.75, 3.05) is 0 Å². The Hall–Kier alpha value is -0.790. The minimum absolute atomic E-state index is 0.413. The number of aliphatic carboxylic acids is 1. The molecule has 2 nitrogen and oxygen atoms in total. The lowest BCUT2D eigenvalue weighted by Gasteiger charge is -2.51. The molecule has 2 fully saturated rings. The van der Waals surface area contributed by atoms with Crippen molar-refractivity contribution >= 4 is 5.97 Å². The van der Waals surface area contributed by atoms with Gasteiger partial charge in [-0.3, -0.25) is 4.79 Å². The molecular weight excluding hydrogens is 164 g/mol. The highest BCUT2D eigenvalue weighted by Gasteiger charge is 2.55. The zero-order valence-electron chi connectivity index (χ0n) is 8.05. The van der Waals surface area contributed by atoms with Crippen molar-refractivity contribution in [3.8, 4) is 0 Å². The third-order valence-electron chi connectivity index (χ3n) is 3.71. The van der Waals surface area contributed by atoms with Crippen molar-refractivity contribution in [3.05, 3.63) is 12.2 Å². The van der Waals surface area contributed by atoms with Crippen LogP contribution < -0.4 is 0 Å². The molecule has 0 aromatic carbocycles. The van der Waals surface area contributed by atoms with E-state index in [2.05, 4.69) is 13.5 Å². The molecule has 2 rings (SSSR count). The maximum absolute atomic E-state index is 11.1. The van der Waals surface area contributed by atoms with Gasteiger partial charge in [0, 0.05) is 0 Å². The highest BCUT2D eigenvalue weighted by atomic mass is 16.4. The summed E-state index contributed by atoms with van der Waals surface area (Å²) in [6.45, 7) is 6.03. The van der Waals surface area contributed by atoms with Gasteiger partial charge in [0.15, 0.2) is 0 Å². The second-order valence-corrected chi connectivity index (χ2v) is 4.84. The fraction of sp³-hybridized carbons (Fsp3) is 0.727. The predicted molar refractivity (Wildman–Crippen MR) is 50.3 cm³/mol. The van der Waals surface area contributed by atoms with E-state index < -0.39 is 11.4 Å². The van der Waals surface area contributed by atoms with Gasteiger partial charge in [0.25, 0.3) is 0 Å². The first-order valence-corrected chi connectivity index (χ1v) is 4.94. The van der Waals surface area contributed by atoms with E-state index in [4.69, 9.17) is 0 Å². The van der Waals surface area contributed by atoms with Gasteiger partial charge in [-0.25, -0.2) is 0 Å². The number of hydrogen-bond acceptors (Lipinski definition) is 1. The van der Waals surface area contributed by atoms with Crippen LogP contribution in [0.3, 0.4) is 0 Å². The van der Waals surface area contributed by atoms with Gasteiger partial charge in [0.05, 0.1) is 5.41 Å². The molecule has 72 valence electrons. The Morgan fingerprint density at radius 1 is 1.54 bits per heavy atom. The van der Waals surface area contributed by atoms with Crippen LogP contribution in [0.4, 0.5) is 0 Å². The van der Waals surface area contributed by atoms with Gasteiger partial charge < -0.3 is 5.11 Å². The normalized spacial score (nSPS) is 36.2. The number of carbonyl (C=O) groups is 1. The summed E-state index contributed by atoms with van der Waals surface area (Å²) in [5, 5.41) is 9.18. The molecule has 0 radical (unpaired) electrons. The number of allylic oxidation sites excluding steroid dienone is 1. The smallest absolute Gasteiger partial charge is 0.310 e. The minimum Gasteiger partial charge on any atom is -0.481 e. The Morgan fingerprint density at radius 3 is 2.38 bits per heavy atom. The lowest BCUT2D eigenvalue weighted by molar-refractivity contribution is -0.160. The molecule has 13 heavy (non-hydrogen) atoms. The van der Waals surface area contributed by atoms with Gasteiger partial charge in [0.1, 0.15) is 0 Å². The molecular formula is C11H16O2. The largest absolute Gasteiger partial charge is 0.481 e. The molecule has 2 saturated carbocycles. The van der Waals surface area contributed by atoms with E-state index in [0.717, 1.165) is 37.2 Å². The quantitative estimate of drug-likeness (QED) is 0.663. The summed E-state index contributed by atoms with van der Waals surface area (Å²) < 4.78 is 0. The van der Waals surface area contributed by atoms with Crippen molar-refractivity contribution in [1.29, 1.82) is 0 Å². The summed E-state index contributed by atoms with van der Waals surface area (Å²) in [6.07, 6.45) is 3.64. The van der Waals surface area contributed by atoms with E-state index in [1.807, 2.05) is 0 Å². The number of carboxylic acids is 1. The number of rotatable bonds is 2. The highest BCUT2D eigenvalue weighted by molar-refractivity contribution is 5.78. The van der Waals surface area contributed by atoms with E-state index in [0.29, 0.717) is 5.92 Å². The highest BCUT2D eigenvalue weighted by Crippen LogP contribution is 2.57. The topological polar surface area (TPSA) is 37.3 Å². The zero-order chi connectivity index (χ0) is 9.64. The Kier molecular flexibility index (Phi) is 1.76. The SMILES string of the molecule is C=C1CC(C(=O)O)(C2CC(C)C2)C1. The average molecular weight is 180 g/mol. The van der Waals surface area contributed by atoms with Crippen molar-refractivity contribution < 1.29 is 9.90 Å². The van der Waals surface area contributed by atoms with Crippen molar-refractivity contribution in [1.82, 2.24) is 0 Å². The van der Waals surface area contributed by atoms with Crippen LogP contribution in [0.25, 0.3) is 0 Å². The molecule has 0 unspecified atom stereocenters. The second-order valence-electron chi connectivity index (χ2n) is 4.84. The van der Waals surface area contributed by atoms with Crippen LogP contribution >= 0.6 is 0 Å². The first-order valence-electron chi connectivity index (χ1n) is 4.94. The Morgan fingerprint density at radius 2 is 2.08 bits per heavy atom. The Bertz CT molecular complexity index is 253. The van der Waals surface area contributed by atoms with Crippen molar-refractivity contribution in [2.45, 2.75) is 32.6 Å². The molecule has 0 bridgehead atoms. The molecule has 2 heteroatoms. The van der Waals surface area contributed by atoms with Gasteiger partial charge >= 0.3 is 5.97 Å². The van der Waals surface area contributed by atoms with Gasteiger partial charge in [-0.1, -0.05) is 19.1 Å². The van der Waals surface area contributed by atoms with Gasteiger partial charge in [-0.15, -0.1) is 0 Å². The molecule has 0 spiro atoms. The molecule has 0 amide bonds. The fourth-order valence-corrected chi connectivity index (χ4v) is 2.81. The summed E-state index contributed by atoms with van der Waals surface area (Å²) >= 11 is 0. The summed E-state index contributed by atoms with van der Waals surface area (Å²) in [7, 11) is 0. The molecule has 0 aromatic heterocycles. The summed E-state index contributed by atoms with van der Waals surface area (Å²) in [4.78, 5) is 11.1. The van der Waals surface area contributed by atoms with Crippen LogP contribution in [0.2, 0.25) is 0 Å². The third-order valence-corrected chi connectivity index (χ3v) is 3.71. The van der Waals surface area contributed by atoms with E-state index in [1.54, 1.807) is 0 Å². The Labute approximate surface area is 78.6 Å². The van der Waals surface area contributed by atoms with Crippen LogP contribution in [-0.2, 0) is 4.79 Å². The summed E-state index contributed by atoms with van der Waals surface area (Å²) in [5.41, 5.74) is 0.700. The average Bonchev–Trinajstić information content (AvgIpc) is 1.92. The summed E-state index contributed by atoms with van der Waals surface area (Å²) in [6, 6.07) is 0. The van der Waals surface area contributed by atoms with Gasteiger partial charge in [0.2, 0.25) is 0 Å².